The van der Waals surface area contributed by atoms with E-state index < -0.39 is 22.3 Å². The SMILES string of the molecule is CCc1cc(=O)oc2nc(OCCCS(=O)O)[nH]c(=O)c12. The molecule has 2 N–H and O–H groups in total. The lowest BCUT2D eigenvalue weighted by molar-refractivity contribution is 0.291. The molecule has 0 fully saturated rings. The molecule has 1 atom stereocenters. The Labute approximate surface area is 121 Å². The Morgan fingerprint density at radius 1 is 1.48 bits per heavy atom. The van der Waals surface area contributed by atoms with Crippen molar-refractivity contribution in [3.05, 3.63) is 32.4 Å². The largest absolute Gasteiger partial charge is 0.465 e. The van der Waals surface area contributed by atoms with Crippen molar-refractivity contribution in [2.24, 2.45) is 0 Å². The van der Waals surface area contributed by atoms with Gasteiger partial charge in [-0.2, -0.15) is 4.98 Å². The van der Waals surface area contributed by atoms with Crippen molar-refractivity contribution < 1.29 is 17.9 Å². The molecule has 0 saturated carbocycles. The third-order valence-corrected chi connectivity index (χ3v) is 3.40. The van der Waals surface area contributed by atoms with E-state index in [1.165, 1.54) is 6.07 Å². The zero-order valence-electron chi connectivity index (χ0n) is 11.2. The lowest BCUT2D eigenvalue weighted by Gasteiger charge is -2.05. The van der Waals surface area contributed by atoms with Gasteiger partial charge in [0, 0.05) is 6.07 Å². The molecule has 0 aliphatic heterocycles. The molecule has 114 valence electrons. The molecule has 0 amide bonds. The lowest BCUT2D eigenvalue weighted by atomic mass is 10.1. The summed E-state index contributed by atoms with van der Waals surface area (Å²) >= 11 is -1.89. The van der Waals surface area contributed by atoms with E-state index in [4.69, 9.17) is 13.7 Å². The molecule has 0 aliphatic rings. The summed E-state index contributed by atoms with van der Waals surface area (Å²) in [5.41, 5.74) is -0.568. The number of H-pyrrole nitrogens is 1. The van der Waals surface area contributed by atoms with Gasteiger partial charge in [0.2, 0.25) is 5.71 Å². The predicted molar refractivity (Wildman–Crippen MR) is 76.0 cm³/mol. The molecule has 2 rings (SSSR count). The van der Waals surface area contributed by atoms with E-state index in [0.29, 0.717) is 18.4 Å². The van der Waals surface area contributed by atoms with Crippen LogP contribution in [0.25, 0.3) is 11.1 Å². The maximum Gasteiger partial charge on any atom is 0.337 e. The minimum Gasteiger partial charge on any atom is -0.465 e. The average molecular weight is 314 g/mol. The summed E-state index contributed by atoms with van der Waals surface area (Å²) in [6, 6.07) is 1.17. The number of rotatable bonds is 6. The minimum absolute atomic E-state index is 0.0624. The molecule has 9 heteroatoms. The number of aromatic amines is 1. The zero-order chi connectivity index (χ0) is 15.4. The van der Waals surface area contributed by atoms with Crippen LogP contribution in [0.5, 0.6) is 6.01 Å². The summed E-state index contributed by atoms with van der Waals surface area (Å²) in [4.78, 5) is 29.8. The summed E-state index contributed by atoms with van der Waals surface area (Å²) in [6.07, 6.45) is 0.819. The van der Waals surface area contributed by atoms with Crippen LogP contribution < -0.4 is 15.9 Å². The maximum absolute atomic E-state index is 12.0. The molecule has 2 aromatic rings. The number of nitrogens with zero attached hydrogens (tertiary/aromatic N) is 1. The topological polar surface area (TPSA) is 122 Å². The molecule has 2 heterocycles. The first-order valence-electron chi connectivity index (χ1n) is 6.28. The normalized spacial score (nSPS) is 12.5. The molecule has 1 unspecified atom stereocenters. The third-order valence-electron chi connectivity index (χ3n) is 2.76. The summed E-state index contributed by atoms with van der Waals surface area (Å²) in [6.45, 7) is 1.92. The van der Waals surface area contributed by atoms with Crippen LogP contribution in [0, 0.1) is 0 Å². The van der Waals surface area contributed by atoms with Crippen LogP contribution in [0.1, 0.15) is 18.9 Å². The smallest absolute Gasteiger partial charge is 0.337 e. The fraction of sp³-hybridized carbons (Fsp3) is 0.417. The van der Waals surface area contributed by atoms with Crippen LogP contribution >= 0.6 is 0 Å². The van der Waals surface area contributed by atoms with Crippen molar-refractivity contribution >= 4 is 22.2 Å². The Morgan fingerprint density at radius 3 is 2.90 bits per heavy atom. The van der Waals surface area contributed by atoms with Crippen molar-refractivity contribution in [1.29, 1.82) is 0 Å². The second-order valence-electron chi connectivity index (χ2n) is 4.22. The first-order valence-corrected chi connectivity index (χ1v) is 7.56. The highest BCUT2D eigenvalue weighted by Gasteiger charge is 2.12. The van der Waals surface area contributed by atoms with Crippen LogP contribution in [0.2, 0.25) is 0 Å². The third kappa shape index (κ3) is 3.76. The van der Waals surface area contributed by atoms with Gasteiger partial charge in [0.05, 0.1) is 12.4 Å². The first kappa shape index (κ1) is 15.4. The minimum atomic E-state index is -1.89. The van der Waals surface area contributed by atoms with Crippen LogP contribution in [0.4, 0.5) is 0 Å². The highest BCUT2D eigenvalue weighted by molar-refractivity contribution is 7.79. The predicted octanol–water partition coefficient (Wildman–Crippen LogP) is 0.429. The Hall–Kier alpha value is -2.00. The Morgan fingerprint density at radius 2 is 2.24 bits per heavy atom. The zero-order valence-corrected chi connectivity index (χ0v) is 12.1. The first-order chi connectivity index (χ1) is 10.0. The Balaban J connectivity index is 2.30. The number of hydrogen-bond donors (Lipinski definition) is 2. The lowest BCUT2D eigenvalue weighted by Crippen LogP contribution is -2.16. The van der Waals surface area contributed by atoms with Gasteiger partial charge in [0.25, 0.3) is 11.6 Å². The Kier molecular flexibility index (Phi) is 4.86. The van der Waals surface area contributed by atoms with E-state index in [-0.39, 0.29) is 29.5 Å². The van der Waals surface area contributed by atoms with E-state index in [1.54, 1.807) is 0 Å². The second-order valence-corrected chi connectivity index (χ2v) is 5.27. The van der Waals surface area contributed by atoms with E-state index in [9.17, 15) is 13.8 Å². The van der Waals surface area contributed by atoms with Crippen molar-refractivity contribution in [2.45, 2.75) is 19.8 Å². The van der Waals surface area contributed by atoms with Gasteiger partial charge in [-0.05, 0) is 18.4 Å². The molecule has 0 aliphatic carbocycles. The van der Waals surface area contributed by atoms with Crippen LogP contribution in [-0.2, 0) is 17.5 Å². The van der Waals surface area contributed by atoms with E-state index in [1.807, 2.05) is 6.92 Å². The number of ether oxygens (including phenoxy) is 1. The summed E-state index contributed by atoms with van der Waals surface area (Å²) in [5.74, 6) is 0.0624. The van der Waals surface area contributed by atoms with E-state index in [0.717, 1.165) is 0 Å². The highest BCUT2D eigenvalue weighted by Crippen LogP contribution is 2.13. The monoisotopic (exact) mass is 314 g/mol. The van der Waals surface area contributed by atoms with Gasteiger partial charge in [-0.25, -0.2) is 9.00 Å². The summed E-state index contributed by atoms with van der Waals surface area (Å²) in [5, 5.41) is 0.223. The molecule has 0 radical (unpaired) electrons. The number of hydrogen-bond acceptors (Lipinski definition) is 6. The summed E-state index contributed by atoms with van der Waals surface area (Å²) < 4.78 is 29.2. The maximum atomic E-state index is 12.0. The van der Waals surface area contributed by atoms with Gasteiger partial charge < -0.3 is 13.7 Å². The van der Waals surface area contributed by atoms with Gasteiger partial charge in [-0.1, -0.05) is 6.92 Å². The Bertz CT molecular complexity index is 781. The van der Waals surface area contributed by atoms with Crippen LogP contribution in [0.15, 0.2) is 20.1 Å². The van der Waals surface area contributed by atoms with Gasteiger partial charge in [0.15, 0.2) is 11.1 Å². The molecular weight excluding hydrogens is 300 g/mol. The average Bonchev–Trinajstić information content (AvgIpc) is 2.42. The summed E-state index contributed by atoms with van der Waals surface area (Å²) in [7, 11) is 0. The quantitative estimate of drug-likeness (QED) is 0.585. The van der Waals surface area contributed by atoms with Gasteiger partial charge in [-0.3, -0.25) is 9.78 Å². The standard InChI is InChI=1S/C12H14N2O6S/c1-2-7-6-8(15)20-11-9(7)10(16)13-12(14-11)19-4-3-5-21(17)18/h6H,2-5H2,1H3,(H,17,18)(H,13,14,16). The number of aryl methyl sites for hydroxylation is 1. The fourth-order valence-corrected chi connectivity index (χ4v) is 2.19. The van der Waals surface area contributed by atoms with Gasteiger partial charge >= 0.3 is 5.63 Å². The van der Waals surface area contributed by atoms with Crippen molar-refractivity contribution in [2.75, 3.05) is 12.4 Å². The molecule has 2 aromatic heterocycles. The van der Waals surface area contributed by atoms with E-state index in [2.05, 4.69) is 9.97 Å². The van der Waals surface area contributed by atoms with Crippen LogP contribution in [0.3, 0.4) is 0 Å². The van der Waals surface area contributed by atoms with Gasteiger partial charge in [-0.15, -0.1) is 0 Å². The van der Waals surface area contributed by atoms with Gasteiger partial charge in [0.1, 0.15) is 5.39 Å². The second kappa shape index (κ2) is 6.64. The molecule has 0 bridgehead atoms. The molecule has 8 nitrogen and oxygen atoms in total. The molecule has 0 aromatic carbocycles. The van der Waals surface area contributed by atoms with E-state index >= 15 is 0 Å². The molecule has 0 saturated heterocycles. The van der Waals surface area contributed by atoms with Crippen molar-refractivity contribution in [3.8, 4) is 6.01 Å². The number of nitrogens with one attached hydrogen (secondary N) is 1. The van der Waals surface area contributed by atoms with Crippen LogP contribution in [-0.4, -0.2) is 31.1 Å². The van der Waals surface area contributed by atoms with Crippen molar-refractivity contribution in [3.63, 3.8) is 0 Å². The number of aromatic nitrogens is 2. The fourth-order valence-electron chi connectivity index (χ4n) is 1.83. The van der Waals surface area contributed by atoms with Crippen molar-refractivity contribution in [1.82, 2.24) is 9.97 Å². The molecule has 21 heavy (non-hydrogen) atoms. The highest BCUT2D eigenvalue weighted by atomic mass is 32.2. The number of fused-ring (bicyclic) bond motifs is 1. The molecule has 0 spiro atoms. The molecular formula is C12H14N2O6S.